The van der Waals surface area contributed by atoms with Gasteiger partial charge in [-0.3, -0.25) is 0 Å². The van der Waals surface area contributed by atoms with Crippen LogP contribution in [0.4, 0.5) is 0 Å². The van der Waals surface area contributed by atoms with Crippen molar-refractivity contribution in [2.75, 3.05) is 0 Å². The number of nitrogens with zero attached hydrogens (tertiary/aromatic N) is 1. The van der Waals surface area contributed by atoms with Crippen LogP contribution in [0, 0.1) is 25.2 Å². The molecule has 0 aliphatic carbocycles. The van der Waals surface area contributed by atoms with E-state index in [0.717, 1.165) is 22.8 Å². The third kappa shape index (κ3) is 2.68. The Morgan fingerprint density at radius 3 is 2.67 bits per heavy atom. The van der Waals surface area contributed by atoms with Crippen molar-refractivity contribution in [3.63, 3.8) is 0 Å². The van der Waals surface area contributed by atoms with Gasteiger partial charge in [0.1, 0.15) is 0 Å². The van der Waals surface area contributed by atoms with Crippen molar-refractivity contribution < 1.29 is 9.90 Å². The molecule has 1 aromatic rings. The molecule has 0 heterocycles. The Morgan fingerprint density at radius 1 is 1.47 bits per heavy atom. The Labute approximate surface area is 88.3 Å². The number of hydrogen-bond donors (Lipinski definition) is 1. The molecule has 0 amide bonds. The molecule has 15 heavy (non-hydrogen) atoms. The second-order valence-corrected chi connectivity index (χ2v) is 3.31. The molecule has 1 aromatic carbocycles. The number of benzene rings is 1. The first-order valence-electron chi connectivity index (χ1n) is 4.47. The van der Waals surface area contributed by atoms with Crippen molar-refractivity contribution in [2.24, 2.45) is 0 Å². The van der Waals surface area contributed by atoms with Gasteiger partial charge in [-0.05, 0) is 42.7 Å². The molecule has 0 aliphatic heterocycles. The van der Waals surface area contributed by atoms with Crippen LogP contribution in [0.1, 0.15) is 22.3 Å². The third-order valence-electron chi connectivity index (χ3n) is 2.12. The number of carboxylic acid groups (broad SMARTS) is 1. The van der Waals surface area contributed by atoms with Gasteiger partial charge in [-0.25, -0.2) is 4.79 Å². The zero-order valence-electron chi connectivity index (χ0n) is 8.61. The second-order valence-electron chi connectivity index (χ2n) is 3.31. The fourth-order valence-electron chi connectivity index (χ4n) is 1.34. The van der Waals surface area contributed by atoms with E-state index in [1.165, 1.54) is 6.08 Å². The maximum atomic E-state index is 10.4. The van der Waals surface area contributed by atoms with Gasteiger partial charge in [0.25, 0.3) is 0 Å². The molecule has 0 saturated carbocycles. The molecule has 0 bridgehead atoms. The lowest BCUT2D eigenvalue weighted by atomic mass is 9.99. The van der Waals surface area contributed by atoms with Crippen LogP contribution in [-0.4, -0.2) is 11.1 Å². The van der Waals surface area contributed by atoms with Crippen LogP contribution >= 0.6 is 0 Å². The van der Waals surface area contributed by atoms with Crippen LogP contribution in [-0.2, 0) is 4.79 Å². The fraction of sp³-hybridized carbons (Fsp3) is 0.167. The van der Waals surface area contributed by atoms with Crippen molar-refractivity contribution in [3.8, 4) is 6.07 Å². The molecule has 0 fully saturated rings. The highest BCUT2D eigenvalue weighted by Crippen LogP contribution is 2.17. The lowest BCUT2D eigenvalue weighted by Gasteiger charge is -2.04. The molecule has 3 nitrogen and oxygen atoms in total. The smallest absolute Gasteiger partial charge is 0.328 e. The summed E-state index contributed by atoms with van der Waals surface area (Å²) in [5, 5.41) is 17.4. The van der Waals surface area contributed by atoms with Crippen LogP contribution in [0.15, 0.2) is 18.2 Å². The molecule has 0 atom stereocenters. The average Bonchev–Trinajstić information content (AvgIpc) is 2.18. The molecule has 0 saturated heterocycles. The Balaban J connectivity index is 3.25. The standard InChI is InChI=1S/C12H11NO2/c1-8-5-10(3-4-12(14)15)9(2)11(6-8)7-13/h3-6H,1-2H3,(H,14,15)/b4-3+. The maximum Gasteiger partial charge on any atom is 0.328 e. The van der Waals surface area contributed by atoms with E-state index in [-0.39, 0.29) is 0 Å². The lowest BCUT2D eigenvalue weighted by Crippen LogP contribution is -1.91. The summed E-state index contributed by atoms with van der Waals surface area (Å²) in [4.78, 5) is 10.4. The molecule has 0 radical (unpaired) electrons. The molecule has 1 rings (SSSR count). The predicted molar refractivity (Wildman–Crippen MR) is 57.3 cm³/mol. The Hall–Kier alpha value is -2.08. The SMILES string of the molecule is Cc1cc(C#N)c(C)c(/C=C/C(=O)O)c1. The van der Waals surface area contributed by atoms with E-state index in [4.69, 9.17) is 10.4 Å². The minimum Gasteiger partial charge on any atom is -0.478 e. The number of carbonyl (C=O) groups is 1. The van der Waals surface area contributed by atoms with Gasteiger partial charge in [-0.2, -0.15) is 5.26 Å². The first-order valence-corrected chi connectivity index (χ1v) is 4.47. The Bertz CT molecular complexity index is 467. The number of aryl methyl sites for hydroxylation is 1. The number of nitriles is 1. The van der Waals surface area contributed by atoms with Gasteiger partial charge >= 0.3 is 5.97 Å². The summed E-state index contributed by atoms with van der Waals surface area (Å²) < 4.78 is 0. The van der Waals surface area contributed by atoms with E-state index in [1.54, 1.807) is 13.0 Å². The van der Waals surface area contributed by atoms with Crippen LogP contribution in [0.25, 0.3) is 6.08 Å². The molecule has 76 valence electrons. The number of hydrogen-bond acceptors (Lipinski definition) is 2. The molecule has 0 aromatic heterocycles. The summed E-state index contributed by atoms with van der Waals surface area (Å²) in [7, 11) is 0. The van der Waals surface area contributed by atoms with Crippen LogP contribution in [0.5, 0.6) is 0 Å². The summed E-state index contributed by atoms with van der Waals surface area (Å²) in [6.07, 6.45) is 2.58. The minimum atomic E-state index is -0.991. The minimum absolute atomic E-state index is 0.583. The molecule has 0 spiro atoms. The summed E-state index contributed by atoms with van der Waals surface area (Å²) in [6.45, 7) is 3.68. The normalized spacial score (nSPS) is 10.2. The Kier molecular flexibility index (Phi) is 3.25. The van der Waals surface area contributed by atoms with Crippen molar-refractivity contribution in [1.82, 2.24) is 0 Å². The van der Waals surface area contributed by atoms with Gasteiger partial charge in [-0.1, -0.05) is 6.07 Å². The highest BCUT2D eigenvalue weighted by Gasteiger charge is 2.03. The maximum absolute atomic E-state index is 10.4. The Morgan fingerprint density at radius 2 is 2.13 bits per heavy atom. The first-order chi connectivity index (χ1) is 7.04. The fourth-order valence-corrected chi connectivity index (χ4v) is 1.34. The molecule has 1 N–H and O–H groups in total. The van der Waals surface area contributed by atoms with Crippen LogP contribution in [0.2, 0.25) is 0 Å². The van der Waals surface area contributed by atoms with E-state index in [2.05, 4.69) is 6.07 Å². The van der Waals surface area contributed by atoms with Gasteiger partial charge in [0.2, 0.25) is 0 Å². The van der Waals surface area contributed by atoms with Gasteiger partial charge in [0.05, 0.1) is 11.6 Å². The molecular weight excluding hydrogens is 190 g/mol. The highest BCUT2D eigenvalue weighted by atomic mass is 16.4. The predicted octanol–water partition coefficient (Wildman–Crippen LogP) is 2.27. The van der Waals surface area contributed by atoms with E-state index >= 15 is 0 Å². The monoisotopic (exact) mass is 201 g/mol. The lowest BCUT2D eigenvalue weighted by molar-refractivity contribution is -0.131. The van der Waals surface area contributed by atoms with Gasteiger partial charge in [0.15, 0.2) is 0 Å². The van der Waals surface area contributed by atoms with Crippen molar-refractivity contribution in [3.05, 3.63) is 40.5 Å². The summed E-state index contributed by atoms with van der Waals surface area (Å²) >= 11 is 0. The van der Waals surface area contributed by atoms with Crippen molar-refractivity contribution in [1.29, 1.82) is 5.26 Å². The van der Waals surface area contributed by atoms with E-state index in [0.29, 0.717) is 5.56 Å². The second kappa shape index (κ2) is 4.43. The van der Waals surface area contributed by atoms with Crippen LogP contribution in [0.3, 0.4) is 0 Å². The molecular formula is C12H11NO2. The molecule has 0 unspecified atom stereocenters. The summed E-state index contributed by atoms with van der Waals surface area (Å²) in [6, 6.07) is 5.72. The summed E-state index contributed by atoms with van der Waals surface area (Å²) in [5.74, 6) is -0.991. The third-order valence-corrected chi connectivity index (χ3v) is 2.12. The highest BCUT2D eigenvalue weighted by molar-refractivity contribution is 5.85. The number of aliphatic carboxylic acids is 1. The largest absolute Gasteiger partial charge is 0.478 e. The average molecular weight is 201 g/mol. The number of carboxylic acids is 1. The van der Waals surface area contributed by atoms with Gasteiger partial charge in [-0.15, -0.1) is 0 Å². The topological polar surface area (TPSA) is 61.1 Å². The van der Waals surface area contributed by atoms with E-state index in [9.17, 15) is 4.79 Å². The number of rotatable bonds is 2. The zero-order chi connectivity index (χ0) is 11.4. The van der Waals surface area contributed by atoms with Gasteiger partial charge < -0.3 is 5.11 Å². The molecule has 3 heteroatoms. The van der Waals surface area contributed by atoms with Gasteiger partial charge in [0, 0.05) is 6.08 Å². The summed E-state index contributed by atoms with van der Waals surface area (Å²) in [5.41, 5.74) is 3.11. The van der Waals surface area contributed by atoms with E-state index in [1.807, 2.05) is 13.0 Å². The van der Waals surface area contributed by atoms with Crippen molar-refractivity contribution >= 4 is 12.0 Å². The molecule has 0 aliphatic rings. The van der Waals surface area contributed by atoms with E-state index < -0.39 is 5.97 Å². The first kappa shape index (κ1) is 11.0. The van der Waals surface area contributed by atoms with Crippen molar-refractivity contribution in [2.45, 2.75) is 13.8 Å². The zero-order valence-corrected chi connectivity index (χ0v) is 8.61. The quantitative estimate of drug-likeness (QED) is 0.746. The van der Waals surface area contributed by atoms with Crippen LogP contribution < -0.4 is 0 Å².